The molecule has 0 aliphatic rings. The highest BCUT2D eigenvalue weighted by atomic mass is 35.5. The summed E-state index contributed by atoms with van der Waals surface area (Å²) in [5, 5.41) is 2.86. The number of anilines is 2. The van der Waals surface area contributed by atoms with E-state index in [2.05, 4.69) is 10.0 Å². The van der Waals surface area contributed by atoms with Gasteiger partial charge in [-0.25, -0.2) is 13.2 Å². The number of carbonyl (C=O) groups excluding carboxylic acids is 2. The summed E-state index contributed by atoms with van der Waals surface area (Å²) in [6, 6.07) is 14.2. The minimum Gasteiger partial charge on any atom is -0.462 e. The number of halogens is 1. The van der Waals surface area contributed by atoms with Gasteiger partial charge in [0.25, 0.3) is 15.9 Å². The van der Waals surface area contributed by atoms with E-state index >= 15 is 0 Å². The van der Waals surface area contributed by atoms with Gasteiger partial charge in [0.05, 0.1) is 27.8 Å². The van der Waals surface area contributed by atoms with Crippen molar-refractivity contribution in [3.8, 4) is 0 Å². The summed E-state index contributed by atoms with van der Waals surface area (Å²) in [5.41, 5.74) is 3.33. The standard InChI is InChI=1S/C25H25ClN2O5S/c1-5-33-25(30)20-14-19(9-10-21(20)26)27-24(29)18-8-7-16(3)23(13-18)34(31,32)28-22-11-6-15(2)12-17(22)4/h6-14,28H,5H2,1-4H3,(H,27,29). The van der Waals surface area contributed by atoms with Crippen LogP contribution in [-0.4, -0.2) is 26.9 Å². The Morgan fingerprint density at radius 2 is 1.68 bits per heavy atom. The summed E-state index contributed by atoms with van der Waals surface area (Å²) < 4.78 is 33.8. The van der Waals surface area contributed by atoms with Crippen LogP contribution < -0.4 is 10.0 Å². The molecule has 9 heteroatoms. The van der Waals surface area contributed by atoms with Gasteiger partial charge in [0.1, 0.15) is 0 Å². The summed E-state index contributed by atoms with van der Waals surface area (Å²) in [5.74, 6) is -1.15. The number of ether oxygens (including phenoxy) is 1. The molecule has 34 heavy (non-hydrogen) atoms. The lowest BCUT2D eigenvalue weighted by molar-refractivity contribution is 0.0526. The number of hydrogen-bond donors (Lipinski definition) is 2. The predicted octanol–water partition coefficient (Wildman–Crippen LogP) is 5.50. The van der Waals surface area contributed by atoms with Crippen molar-refractivity contribution in [2.24, 2.45) is 0 Å². The molecule has 0 aliphatic carbocycles. The average Bonchev–Trinajstić information content (AvgIpc) is 2.77. The fourth-order valence-corrected chi connectivity index (χ4v) is 4.93. The van der Waals surface area contributed by atoms with Crippen LogP contribution in [-0.2, 0) is 14.8 Å². The molecular formula is C25H25ClN2O5S. The average molecular weight is 501 g/mol. The Morgan fingerprint density at radius 3 is 2.35 bits per heavy atom. The van der Waals surface area contributed by atoms with E-state index < -0.39 is 21.9 Å². The zero-order chi connectivity index (χ0) is 25.0. The van der Waals surface area contributed by atoms with Crippen LogP contribution in [0.2, 0.25) is 5.02 Å². The smallest absolute Gasteiger partial charge is 0.339 e. The Morgan fingerprint density at radius 1 is 0.941 bits per heavy atom. The van der Waals surface area contributed by atoms with Gasteiger partial charge >= 0.3 is 5.97 Å². The molecule has 2 N–H and O–H groups in total. The number of sulfonamides is 1. The van der Waals surface area contributed by atoms with Crippen molar-refractivity contribution in [2.45, 2.75) is 32.6 Å². The van der Waals surface area contributed by atoms with E-state index in [-0.39, 0.29) is 27.7 Å². The summed E-state index contributed by atoms with van der Waals surface area (Å²) in [4.78, 5) is 24.9. The maximum Gasteiger partial charge on any atom is 0.339 e. The molecule has 3 rings (SSSR count). The Balaban J connectivity index is 1.88. The number of rotatable bonds is 7. The number of carbonyl (C=O) groups is 2. The molecule has 0 heterocycles. The summed E-state index contributed by atoms with van der Waals surface area (Å²) in [6.07, 6.45) is 0. The lowest BCUT2D eigenvalue weighted by Crippen LogP contribution is -2.18. The zero-order valence-corrected chi connectivity index (χ0v) is 20.8. The number of benzene rings is 3. The SMILES string of the molecule is CCOC(=O)c1cc(NC(=O)c2ccc(C)c(S(=O)(=O)Nc3ccc(C)cc3C)c2)ccc1Cl. The monoisotopic (exact) mass is 500 g/mol. The first-order valence-electron chi connectivity index (χ1n) is 10.5. The lowest BCUT2D eigenvalue weighted by Gasteiger charge is -2.14. The van der Waals surface area contributed by atoms with Crippen molar-refractivity contribution in [3.05, 3.63) is 87.4 Å². The molecule has 178 valence electrons. The van der Waals surface area contributed by atoms with Crippen LogP contribution in [0.25, 0.3) is 0 Å². The van der Waals surface area contributed by atoms with Crippen LogP contribution in [0.1, 0.15) is 44.3 Å². The second-order valence-electron chi connectivity index (χ2n) is 7.77. The largest absolute Gasteiger partial charge is 0.462 e. The maximum absolute atomic E-state index is 13.1. The van der Waals surface area contributed by atoms with Gasteiger partial charge in [0.15, 0.2) is 0 Å². The van der Waals surface area contributed by atoms with Gasteiger partial charge in [-0.3, -0.25) is 9.52 Å². The molecule has 0 unspecified atom stereocenters. The molecule has 0 atom stereocenters. The van der Waals surface area contributed by atoms with Crippen molar-refractivity contribution >= 4 is 44.9 Å². The van der Waals surface area contributed by atoms with Crippen LogP contribution in [0.3, 0.4) is 0 Å². The molecule has 0 spiro atoms. The van der Waals surface area contributed by atoms with Crippen LogP contribution in [0.15, 0.2) is 59.5 Å². The predicted molar refractivity (Wildman–Crippen MR) is 133 cm³/mol. The first kappa shape index (κ1) is 25.3. The minimum atomic E-state index is -3.95. The van der Waals surface area contributed by atoms with Gasteiger partial charge in [-0.15, -0.1) is 0 Å². The van der Waals surface area contributed by atoms with E-state index in [1.165, 1.54) is 30.3 Å². The summed E-state index contributed by atoms with van der Waals surface area (Å²) in [7, 11) is -3.95. The van der Waals surface area contributed by atoms with Gasteiger partial charge in [-0.2, -0.15) is 0 Å². The second-order valence-corrected chi connectivity index (χ2v) is 9.83. The first-order valence-corrected chi connectivity index (χ1v) is 12.4. The van der Waals surface area contributed by atoms with Crippen LogP contribution >= 0.6 is 11.6 Å². The molecule has 0 saturated heterocycles. The molecule has 0 bridgehead atoms. The molecular weight excluding hydrogens is 476 g/mol. The highest BCUT2D eigenvalue weighted by molar-refractivity contribution is 7.92. The third-order valence-electron chi connectivity index (χ3n) is 5.09. The molecule has 7 nitrogen and oxygen atoms in total. The van der Waals surface area contributed by atoms with Crippen molar-refractivity contribution in [1.29, 1.82) is 0 Å². The molecule has 1 amide bonds. The topological polar surface area (TPSA) is 102 Å². The third kappa shape index (κ3) is 5.76. The Labute approximate surface area is 204 Å². The molecule has 0 aromatic heterocycles. The van der Waals surface area contributed by atoms with Crippen molar-refractivity contribution in [2.75, 3.05) is 16.6 Å². The normalized spacial score (nSPS) is 11.1. The second kappa shape index (κ2) is 10.3. The maximum atomic E-state index is 13.1. The molecule has 0 fully saturated rings. The van der Waals surface area contributed by atoms with E-state index in [1.54, 1.807) is 26.0 Å². The number of amides is 1. The van der Waals surface area contributed by atoms with Gasteiger partial charge in [0.2, 0.25) is 0 Å². The Hall–Kier alpha value is -3.36. The van der Waals surface area contributed by atoms with Gasteiger partial charge < -0.3 is 10.1 Å². The van der Waals surface area contributed by atoms with Crippen LogP contribution in [0.5, 0.6) is 0 Å². The van der Waals surface area contributed by atoms with Crippen LogP contribution in [0.4, 0.5) is 11.4 Å². The minimum absolute atomic E-state index is 0.0107. The van der Waals surface area contributed by atoms with E-state index in [0.717, 1.165) is 11.1 Å². The summed E-state index contributed by atoms with van der Waals surface area (Å²) in [6.45, 7) is 7.26. The third-order valence-corrected chi connectivity index (χ3v) is 6.92. The van der Waals surface area contributed by atoms with E-state index in [1.807, 2.05) is 26.0 Å². The highest BCUT2D eigenvalue weighted by Gasteiger charge is 2.21. The molecule has 0 saturated carbocycles. The first-order chi connectivity index (χ1) is 16.0. The van der Waals surface area contributed by atoms with Crippen LogP contribution in [0, 0.1) is 20.8 Å². The fraction of sp³-hybridized carbons (Fsp3) is 0.200. The molecule has 0 aliphatic heterocycles. The van der Waals surface area contributed by atoms with E-state index in [4.69, 9.17) is 16.3 Å². The molecule has 0 radical (unpaired) electrons. The van der Waals surface area contributed by atoms with Gasteiger partial charge in [0, 0.05) is 11.3 Å². The Bertz CT molecular complexity index is 1370. The molecule has 3 aromatic rings. The van der Waals surface area contributed by atoms with Gasteiger partial charge in [-0.1, -0.05) is 35.4 Å². The summed E-state index contributed by atoms with van der Waals surface area (Å²) >= 11 is 6.07. The number of nitrogens with one attached hydrogen (secondary N) is 2. The number of hydrogen-bond acceptors (Lipinski definition) is 5. The highest BCUT2D eigenvalue weighted by Crippen LogP contribution is 2.25. The number of esters is 1. The van der Waals surface area contributed by atoms with E-state index in [9.17, 15) is 18.0 Å². The quantitative estimate of drug-likeness (QED) is 0.417. The van der Waals surface area contributed by atoms with Crippen molar-refractivity contribution in [1.82, 2.24) is 0 Å². The zero-order valence-electron chi connectivity index (χ0n) is 19.2. The van der Waals surface area contributed by atoms with Crippen molar-refractivity contribution < 1.29 is 22.7 Å². The number of aryl methyl sites for hydroxylation is 3. The fourth-order valence-electron chi connectivity index (χ4n) is 3.33. The van der Waals surface area contributed by atoms with Crippen molar-refractivity contribution in [3.63, 3.8) is 0 Å². The Kier molecular flexibility index (Phi) is 7.64. The lowest BCUT2D eigenvalue weighted by atomic mass is 10.1. The van der Waals surface area contributed by atoms with E-state index in [0.29, 0.717) is 16.9 Å². The molecule has 3 aromatic carbocycles. The van der Waals surface area contributed by atoms with Gasteiger partial charge in [-0.05, 0) is 75.2 Å².